The van der Waals surface area contributed by atoms with Crippen molar-refractivity contribution in [3.05, 3.63) is 70.9 Å². The maximum Gasteiger partial charge on any atom is 0.252 e. The quantitative estimate of drug-likeness (QED) is 0.260. The minimum absolute atomic E-state index is 0.0105. The number of nitrogens with one attached hydrogen (secondary N) is 1. The fraction of sp³-hybridized carbons (Fsp3) is 0.500. The molecular formula is C30H46N4O5S4. The molecule has 0 spiro atoms. The maximum atomic E-state index is 12.7. The van der Waals surface area contributed by atoms with Crippen LogP contribution >= 0.6 is 22.7 Å². The summed E-state index contributed by atoms with van der Waals surface area (Å²) < 4.78 is 53.0. The van der Waals surface area contributed by atoms with Crippen molar-refractivity contribution in [2.45, 2.75) is 62.0 Å². The van der Waals surface area contributed by atoms with Gasteiger partial charge in [0.05, 0.1) is 6.54 Å². The van der Waals surface area contributed by atoms with Gasteiger partial charge < -0.3 is 11.1 Å². The number of sulfonamides is 2. The van der Waals surface area contributed by atoms with E-state index < -0.39 is 20.0 Å². The molecule has 9 nitrogen and oxygen atoms in total. The minimum Gasteiger partial charge on any atom is -0.326 e. The fourth-order valence-corrected chi connectivity index (χ4v) is 8.50. The highest BCUT2D eigenvalue weighted by molar-refractivity contribution is 7.91. The van der Waals surface area contributed by atoms with Gasteiger partial charge in [-0.25, -0.2) is 16.8 Å². The van der Waals surface area contributed by atoms with Crippen LogP contribution in [0.15, 0.2) is 73.8 Å². The topological polar surface area (TPSA) is 130 Å². The molecule has 0 aliphatic carbocycles. The number of carbonyl (C=O) groups is 1. The van der Waals surface area contributed by atoms with Gasteiger partial charge >= 0.3 is 0 Å². The van der Waals surface area contributed by atoms with E-state index in [1.165, 1.54) is 31.3 Å². The number of ketones is 1. The summed E-state index contributed by atoms with van der Waals surface area (Å²) in [6.07, 6.45) is 0. The predicted molar refractivity (Wildman–Crippen MR) is 178 cm³/mol. The molecule has 1 aromatic carbocycles. The number of likely N-dealkylation sites (N-methyl/N-ethyl adjacent to an activating group) is 2. The third-order valence-corrected chi connectivity index (χ3v) is 13.4. The first-order chi connectivity index (χ1) is 19.8. The van der Waals surface area contributed by atoms with Crippen molar-refractivity contribution >= 4 is 48.5 Å². The Labute approximate surface area is 266 Å². The molecule has 0 aliphatic heterocycles. The van der Waals surface area contributed by atoms with Gasteiger partial charge in [0, 0.05) is 44.8 Å². The number of thiophene rings is 2. The van der Waals surface area contributed by atoms with Gasteiger partial charge in [-0.15, -0.1) is 22.7 Å². The van der Waals surface area contributed by atoms with Crippen LogP contribution in [-0.4, -0.2) is 77.0 Å². The third-order valence-electron chi connectivity index (χ3n) is 6.98. The lowest BCUT2D eigenvalue weighted by molar-refractivity contribution is 0.0976. The number of Topliss-reactive ketones (excluding diaryl/α,β-unsaturated/α-hetero) is 1. The number of hydrogen-bond acceptors (Lipinski definition) is 9. The van der Waals surface area contributed by atoms with Crippen molar-refractivity contribution in [1.29, 1.82) is 0 Å². The molecule has 3 N–H and O–H groups in total. The van der Waals surface area contributed by atoms with Gasteiger partial charge in [-0.05, 0) is 33.7 Å². The molecule has 2 heterocycles. The molecule has 3 rings (SSSR count). The molecule has 2 aromatic heterocycles. The van der Waals surface area contributed by atoms with Crippen LogP contribution in [0.3, 0.4) is 0 Å². The number of hydrogen-bond donors (Lipinski definition) is 2. The van der Waals surface area contributed by atoms with E-state index in [4.69, 9.17) is 5.73 Å². The van der Waals surface area contributed by atoms with Gasteiger partial charge in [-0.3, -0.25) is 4.79 Å². The average molecular weight is 671 g/mol. The van der Waals surface area contributed by atoms with E-state index in [0.717, 1.165) is 0 Å². The lowest BCUT2D eigenvalue weighted by Crippen LogP contribution is -2.50. The van der Waals surface area contributed by atoms with E-state index in [2.05, 4.69) is 5.32 Å². The van der Waals surface area contributed by atoms with Crippen molar-refractivity contribution in [2.24, 2.45) is 16.6 Å². The van der Waals surface area contributed by atoms with E-state index in [1.54, 1.807) is 61.3 Å². The van der Waals surface area contributed by atoms with Gasteiger partial charge in [0.25, 0.3) is 20.0 Å². The van der Waals surface area contributed by atoms with Crippen molar-refractivity contribution < 1.29 is 21.6 Å². The minimum atomic E-state index is -3.51. The van der Waals surface area contributed by atoms with E-state index in [1.807, 2.05) is 59.7 Å². The van der Waals surface area contributed by atoms with Crippen molar-refractivity contribution in [1.82, 2.24) is 13.9 Å². The monoisotopic (exact) mass is 670 g/mol. The SMILES string of the molecule is CN(C[C@@H](N)C(C)(C)C)S(=O)(=O)c1cccs1.CN(C[C@@H](NCC(=O)c1ccccc1)C(C)(C)C)S(=O)(=O)c1cccs1. The van der Waals surface area contributed by atoms with Crippen molar-refractivity contribution in [3.8, 4) is 0 Å². The van der Waals surface area contributed by atoms with Crippen LogP contribution in [0.5, 0.6) is 0 Å². The predicted octanol–water partition coefficient (Wildman–Crippen LogP) is 5.00. The summed E-state index contributed by atoms with van der Waals surface area (Å²) in [5.41, 5.74) is 6.32. The van der Waals surface area contributed by atoms with E-state index >= 15 is 0 Å². The molecule has 0 saturated heterocycles. The lowest BCUT2D eigenvalue weighted by Gasteiger charge is -2.34. The van der Waals surface area contributed by atoms with E-state index in [-0.39, 0.29) is 41.8 Å². The second-order valence-electron chi connectivity index (χ2n) is 12.5. The third kappa shape index (κ3) is 10.9. The number of nitrogens with zero attached hydrogens (tertiary/aromatic N) is 2. The van der Waals surface area contributed by atoms with Gasteiger partial charge in [0.2, 0.25) is 0 Å². The highest BCUT2D eigenvalue weighted by Crippen LogP contribution is 2.25. The highest BCUT2D eigenvalue weighted by Gasteiger charge is 2.31. The zero-order chi connectivity index (χ0) is 32.6. The highest BCUT2D eigenvalue weighted by atomic mass is 32.3. The van der Waals surface area contributed by atoms with Crippen LogP contribution in [-0.2, 0) is 20.0 Å². The van der Waals surface area contributed by atoms with Crippen LogP contribution in [0.2, 0.25) is 0 Å². The molecule has 0 aliphatic rings. The first kappa shape index (κ1) is 37.2. The Balaban J connectivity index is 0.000000329. The molecule has 2 atom stereocenters. The zero-order valence-corrected chi connectivity index (χ0v) is 29.5. The summed E-state index contributed by atoms with van der Waals surface area (Å²) in [5, 5.41) is 6.76. The van der Waals surface area contributed by atoms with Crippen LogP contribution in [0, 0.1) is 10.8 Å². The smallest absolute Gasteiger partial charge is 0.252 e. The molecule has 0 unspecified atom stereocenters. The first-order valence-corrected chi connectivity index (χ1v) is 18.5. The molecule has 0 fully saturated rings. The number of benzene rings is 1. The Kier molecular flexibility index (Phi) is 13.3. The average Bonchev–Trinajstić information content (AvgIpc) is 3.66. The van der Waals surface area contributed by atoms with Crippen LogP contribution in [0.4, 0.5) is 0 Å². The lowest BCUT2D eigenvalue weighted by atomic mass is 9.86. The number of nitrogens with two attached hydrogens (primary N) is 1. The molecule has 13 heteroatoms. The Morgan fingerprint density at radius 1 is 0.767 bits per heavy atom. The molecule has 240 valence electrons. The van der Waals surface area contributed by atoms with Gasteiger partial charge in [0.15, 0.2) is 5.78 Å². The Hall–Kier alpha value is -1.97. The Morgan fingerprint density at radius 3 is 1.63 bits per heavy atom. The Bertz CT molecular complexity index is 1480. The first-order valence-electron chi connectivity index (χ1n) is 13.8. The van der Waals surface area contributed by atoms with Crippen molar-refractivity contribution in [3.63, 3.8) is 0 Å². The summed E-state index contributed by atoms with van der Waals surface area (Å²) in [6, 6.07) is 15.4. The second-order valence-corrected chi connectivity index (χ2v) is 18.9. The zero-order valence-electron chi connectivity index (χ0n) is 26.3. The molecule has 43 heavy (non-hydrogen) atoms. The summed E-state index contributed by atoms with van der Waals surface area (Å²) >= 11 is 2.43. The normalized spacial score (nSPS) is 14.3. The van der Waals surface area contributed by atoms with E-state index in [0.29, 0.717) is 20.5 Å². The van der Waals surface area contributed by atoms with Gasteiger partial charge in [-0.1, -0.05) is 84.0 Å². The maximum absolute atomic E-state index is 12.7. The number of carbonyl (C=O) groups excluding carboxylic acids is 1. The van der Waals surface area contributed by atoms with E-state index in [9.17, 15) is 21.6 Å². The molecule has 0 saturated carbocycles. The largest absolute Gasteiger partial charge is 0.326 e. The van der Waals surface area contributed by atoms with Gasteiger partial charge in [-0.2, -0.15) is 8.61 Å². The summed E-state index contributed by atoms with van der Waals surface area (Å²) in [7, 11) is -3.75. The standard InChI is InChI=1S/C19H26N2O3S2.C11H20N2O2S2/c1-19(2,3)17(20-13-16(22)15-9-6-5-7-10-15)14-21(4)26(23,24)18-11-8-12-25-18;1-11(2,3)9(12)8-13(4)17(14,15)10-6-5-7-16-10/h5-12,17,20H,13-14H2,1-4H3;5-7,9H,8,12H2,1-4H3/t17-;9-/m11/s1. The van der Waals surface area contributed by atoms with Crippen LogP contribution in [0.1, 0.15) is 51.9 Å². The molecule has 0 radical (unpaired) electrons. The van der Waals surface area contributed by atoms with Gasteiger partial charge in [0.1, 0.15) is 8.42 Å². The Morgan fingerprint density at radius 2 is 1.23 bits per heavy atom. The summed E-state index contributed by atoms with van der Waals surface area (Å²) in [5.74, 6) is -0.0105. The molecule has 0 bridgehead atoms. The second kappa shape index (κ2) is 15.3. The molecule has 3 aromatic rings. The van der Waals surface area contributed by atoms with Crippen molar-refractivity contribution in [2.75, 3.05) is 33.7 Å². The van der Waals surface area contributed by atoms with Crippen LogP contribution in [0.25, 0.3) is 0 Å². The summed E-state index contributed by atoms with van der Waals surface area (Å²) in [6.45, 7) is 12.9. The fourth-order valence-electron chi connectivity index (χ4n) is 3.72. The molecular weight excluding hydrogens is 625 g/mol. The van der Waals surface area contributed by atoms with Crippen LogP contribution < -0.4 is 11.1 Å². The number of rotatable bonds is 12. The molecule has 0 amide bonds. The summed E-state index contributed by atoms with van der Waals surface area (Å²) in [4.78, 5) is 12.4.